The van der Waals surface area contributed by atoms with Gasteiger partial charge in [0.1, 0.15) is 12.2 Å². The smallest absolute Gasteiger partial charge is 0.233 e. The number of benzene rings is 2. The molecule has 0 unspecified atom stereocenters. The monoisotopic (exact) mass is 346 g/mol. The van der Waals surface area contributed by atoms with Crippen LogP contribution in [0.15, 0.2) is 42.5 Å². The summed E-state index contributed by atoms with van der Waals surface area (Å²) in [4.78, 5) is 23.9. The molecule has 0 aliphatic carbocycles. The topological polar surface area (TPSA) is 67.4 Å². The van der Waals surface area contributed by atoms with Gasteiger partial charge in [-0.1, -0.05) is 17.7 Å². The van der Waals surface area contributed by atoms with Gasteiger partial charge in [0.2, 0.25) is 11.8 Å². The summed E-state index contributed by atoms with van der Waals surface area (Å²) in [5, 5.41) is 5.88. The van der Waals surface area contributed by atoms with Gasteiger partial charge in [-0.3, -0.25) is 9.59 Å². The van der Waals surface area contributed by atoms with Crippen molar-refractivity contribution in [2.24, 2.45) is 0 Å². The van der Waals surface area contributed by atoms with E-state index in [1.54, 1.807) is 42.5 Å². The van der Waals surface area contributed by atoms with E-state index in [1.165, 1.54) is 0 Å². The maximum Gasteiger partial charge on any atom is 0.233 e. The van der Waals surface area contributed by atoms with Gasteiger partial charge < -0.3 is 15.4 Å². The van der Waals surface area contributed by atoms with Crippen LogP contribution in [0.3, 0.4) is 0 Å². The Morgan fingerprint density at radius 1 is 1.04 bits per heavy atom. The zero-order chi connectivity index (χ0) is 17.5. The molecule has 0 radical (unpaired) electrons. The minimum absolute atomic E-state index is 0.279. The van der Waals surface area contributed by atoms with Gasteiger partial charge >= 0.3 is 0 Å². The largest absolute Gasteiger partial charge is 0.494 e. The summed E-state index contributed by atoms with van der Waals surface area (Å²) in [5.74, 6) is -0.0650. The molecule has 5 nitrogen and oxygen atoms in total. The number of hydrogen-bond acceptors (Lipinski definition) is 3. The third-order valence-corrected chi connectivity index (χ3v) is 3.48. The highest BCUT2D eigenvalue weighted by molar-refractivity contribution is 6.31. The maximum atomic E-state index is 12.0. The standard InChI is InChI=1S/C18H19ClN2O3/c1-3-24-15-8-6-14(7-9-15)20-17(22)11-18(23)21-16-10-13(19)5-4-12(16)2/h4-10H,3,11H2,1-2H3,(H,20,22)(H,21,23). The van der Waals surface area contributed by atoms with Gasteiger partial charge in [0.25, 0.3) is 0 Å². The molecule has 2 amide bonds. The van der Waals surface area contributed by atoms with Crippen LogP contribution >= 0.6 is 11.6 Å². The van der Waals surface area contributed by atoms with E-state index in [1.807, 2.05) is 13.8 Å². The van der Waals surface area contributed by atoms with E-state index in [2.05, 4.69) is 10.6 Å². The molecular formula is C18H19ClN2O3. The predicted molar refractivity (Wildman–Crippen MR) is 95.7 cm³/mol. The summed E-state index contributed by atoms with van der Waals surface area (Å²) in [5.41, 5.74) is 2.08. The number of amides is 2. The number of anilines is 2. The van der Waals surface area contributed by atoms with E-state index in [0.29, 0.717) is 23.0 Å². The van der Waals surface area contributed by atoms with Crippen LogP contribution in [0.25, 0.3) is 0 Å². The Labute approximate surface area is 146 Å². The molecule has 24 heavy (non-hydrogen) atoms. The second kappa shape index (κ2) is 8.36. The third kappa shape index (κ3) is 5.28. The van der Waals surface area contributed by atoms with Crippen LogP contribution in [0.5, 0.6) is 5.75 Å². The van der Waals surface area contributed by atoms with E-state index in [-0.39, 0.29) is 6.42 Å². The van der Waals surface area contributed by atoms with Crippen molar-refractivity contribution in [2.45, 2.75) is 20.3 Å². The Morgan fingerprint density at radius 3 is 2.38 bits per heavy atom. The van der Waals surface area contributed by atoms with Crippen molar-refractivity contribution in [2.75, 3.05) is 17.2 Å². The lowest BCUT2D eigenvalue weighted by atomic mass is 10.2. The number of nitrogens with one attached hydrogen (secondary N) is 2. The molecule has 2 aromatic rings. The fraction of sp³-hybridized carbons (Fsp3) is 0.222. The normalized spacial score (nSPS) is 10.1. The van der Waals surface area contributed by atoms with Crippen molar-refractivity contribution in [1.29, 1.82) is 0 Å². The first-order valence-corrected chi connectivity index (χ1v) is 7.94. The maximum absolute atomic E-state index is 12.0. The molecule has 0 saturated heterocycles. The first-order chi connectivity index (χ1) is 11.5. The molecule has 0 saturated carbocycles. The third-order valence-electron chi connectivity index (χ3n) is 3.24. The number of hydrogen-bond donors (Lipinski definition) is 2. The molecule has 0 aromatic heterocycles. The minimum atomic E-state index is -0.399. The lowest BCUT2D eigenvalue weighted by Crippen LogP contribution is -2.21. The van der Waals surface area contributed by atoms with E-state index in [0.717, 1.165) is 11.3 Å². The average Bonchev–Trinajstić information content (AvgIpc) is 2.53. The highest BCUT2D eigenvalue weighted by Crippen LogP contribution is 2.20. The fourth-order valence-electron chi connectivity index (χ4n) is 2.08. The van der Waals surface area contributed by atoms with Gasteiger partial charge in [-0.25, -0.2) is 0 Å². The average molecular weight is 347 g/mol. The summed E-state index contributed by atoms with van der Waals surface area (Å²) in [6.45, 7) is 4.33. The highest BCUT2D eigenvalue weighted by Gasteiger charge is 2.11. The molecule has 0 bridgehead atoms. The molecule has 2 aromatic carbocycles. The van der Waals surface area contributed by atoms with Crippen molar-refractivity contribution < 1.29 is 14.3 Å². The number of rotatable bonds is 6. The molecule has 0 fully saturated rings. The molecule has 0 aliphatic heterocycles. The molecule has 6 heteroatoms. The van der Waals surface area contributed by atoms with Crippen LogP contribution in [-0.4, -0.2) is 18.4 Å². The van der Waals surface area contributed by atoms with Crippen molar-refractivity contribution in [3.63, 3.8) is 0 Å². The Hall–Kier alpha value is -2.53. The molecule has 0 heterocycles. The van der Waals surface area contributed by atoms with E-state index in [4.69, 9.17) is 16.3 Å². The fourth-order valence-corrected chi connectivity index (χ4v) is 2.25. The molecule has 0 atom stereocenters. The van der Waals surface area contributed by atoms with Crippen molar-refractivity contribution >= 4 is 34.8 Å². The summed E-state index contributed by atoms with van der Waals surface area (Å²) in [6, 6.07) is 12.2. The van der Waals surface area contributed by atoms with E-state index in [9.17, 15) is 9.59 Å². The summed E-state index contributed by atoms with van der Waals surface area (Å²) in [7, 11) is 0. The first-order valence-electron chi connectivity index (χ1n) is 7.56. The molecule has 2 N–H and O–H groups in total. The molecule has 0 spiro atoms. The SMILES string of the molecule is CCOc1ccc(NC(=O)CC(=O)Nc2cc(Cl)ccc2C)cc1. The second-order valence-corrected chi connectivity index (χ2v) is 5.63. The van der Waals surface area contributed by atoms with E-state index < -0.39 is 11.8 Å². The van der Waals surface area contributed by atoms with Crippen molar-refractivity contribution in [3.8, 4) is 5.75 Å². The highest BCUT2D eigenvalue weighted by atomic mass is 35.5. The molecule has 126 valence electrons. The van der Waals surface area contributed by atoms with Crippen molar-refractivity contribution in [3.05, 3.63) is 53.1 Å². The molecular weight excluding hydrogens is 328 g/mol. The second-order valence-electron chi connectivity index (χ2n) is 5.19. The summed E-state index contributed by atoms with van der Waals surface area (Å²) in [6.07, 6.45) is -0.279. The summed E-state index contributed by atoms with van der Waals surface area (Å²) < 4.78 is 5.33. The lowest BCUT2D eigenvalue weighted by Gasteiger charge is -2.10. The number of aryl methyl sites for hydroxylation is 1. The van der Waals surface area contributed by atoms with Gasteiger partial charge in [-0.15, -0.1) is 0 Å². The number of halogens is 1. The van der Waals surface area contributed by atoms with Gasteiger partial charge in [-0.2, -0.15) is 0 Å². The minimum Gasteiger partial charge on any atom is -0.494 e. The van der Waals surface area contributed by atoms with Crippen molar-refractivity contribution in [1.82, 2.24) is 0 Å². The molecule has 0 aliphatic rings. The Kier molecular flexibility index (Phi) is 6.21. The number of carbonyl (C=O) groups excluding carboxylic acids is 2. The van der Waals surface area contributed by atoms with Gasteiger partial charge in [0, 0.05) is 16.4 Å². The Morgan fingerprint density at radius 2 is 1.71 bits per heavy atom. The van der Waals surface area contributed by atoms with Crippen LogP contribution in [-0.2, 0) is 9.59 Å². The van der Waals surface area contributed by atoms with Gasteiger partial charge in [0.05, 0.1) is 6.61 Å². The quantitative estimate of drug-likeness (QED) is 0.776. The first kappa shape index (κ1) is 17.8. The van der Waals surface area contributed by atoms with Gasteiger partial charge in [0.15, 0.2) is 0 Å². The number of carbonyl (C=O) groups is 2. The Bertz CT molecular complexity index is 730. The van der Waals surface area contributed by atoms with Gasteiger partial charge in [-0.05, 0) is 55.8 Å². The van der Waals surface area contributed by atoms with Crippen LogP contribution in [0, 0.1) is 6.92 Å². The lowest BCUT2D eigenvalue weighted by molar-refractivity contribution is -0.123. The number of ether oxygens (including phenoxy) is 1. The van der Waals surface area contributed by atoms with E-state index >= 15 is 0 Å². The van der Waals surface area contributed by atoms with Crippen LogP contribution in [0.2, 0.25) is 5.02 Å². The Balaban J connectivity index is 1.89. The van der Waals surface area contributed by atoms with Crippen LogP contribution < -0.4 is 15.4 Å². The van der Waals surface area contributed by atoms with Crippen LogP contribution in [0.1, 0.15) is 18.9 Å². The molecule has 2 rings (SSSR count). The zero-order valence-corrected chi connectivity index (χ0v) is 14.3. The van der Waals surface area contributed by atoms with Crippen LogP contribution in [0.4, 0.5) is 11.4 Å². The summed E-state index contributed by atoms with van der Waals surface area (Å²) >= 11 is 5.91. The zero-order valence-electron chi connectivity index (χ0n) is 13.6. The predicted octanol–water partition coefficient (Wildman–Crippen LogP) is 4.01.